The van der Waals surface area contributed by atoms with Crippen molar-refractivity contribution in [2.24, 2.45) is 4.99 Å². The van der Waals surface area contributed by atoms with E-state index in [1.54, 1.807) is 12.1 Å². The van der Waals surface area contributed by atoms with Crippen molar-refractivity contribution < 1.29 is 12.8 Å². The molecule has 2 rings (SSSR count). The zero-order valence-electron chi connectivity index (χ0n) is 15.6. The summed E-state index contributed by atoms with van der Waals surface area (Å²) < 4.78 is 36.7. The lowest BCUT2D eigenvalue weighted by Crippen LogP contribution is -2.52. The van der Waals surface area contributed by atoms with Gasteiger partial charge in [0.05, 0.1) is 16.8 Å². The number of hydrogen-bond acceptors (Lipinski definition) is 4. The van der Waals surface area contributed by atoms with E-state index in [4.69, 9.17) is 0 Å². The average Bonchev–Trinajstić information content (AvgIpc) is 2.57. The normalized spacial score (nSPS) is 16.1. The predicted octanol–water partition coefficient (Wildman–Crippen LogP) is 2.33. The summed E-state index contributed by atoms with van der Waals surface area (Å²) in [5.41, 5.74) is 0.952. The van der Waals surface area contributed by atoms with Crippen molar-refractivity contribution in [3.05, 3.63) is 34.1 Å². The molecule has 0 aromatic heterocycles. The Morgan fingerprint density at radius 2 is 1.96 bits per heavy atom. The van der Waals surface area contributed by atoms with E-state index in [9.17, 15) is 12.8 Å². The van der Waals surface area contributed by atoms with Gasteiger partial charge in [0.25, 0.3) is 0 Å². The third kappa shape index (κ3) is 8.61. The molecule has 1 N–H and O–H groups in total. The maximum absolute atomic E-state index is 13.6. The maximum Gasteiger partial charge on any atom is 0.194 e. The first kappa shape index (κ1) is 24.6. The first-order valence-electron chi connectivity index (χ1n) is 8.66. The van der Waals surface area contributed by atoms with Gasteiger partial charge in [-0.1, -0.05) is 6.07 Å². The van der Waals surface area contributed by atoms with E-state index in [1.807, 2.05) is 13.0 Å². The summed E-state index contributed by atoms with van der Waals surface area (Å²) in [6.45, 7) is 6.97. The van der Waals surface area contributed by atoms with Gasteiger partial charge in [0.1, 0.15) is 15.7 Å². The van der Waals surface area contributed by atoms with Crippen LogP contribution < -0.4 is 5.32 Å². The second-order valence-electron chi connectivity index (χ2n) is 6.38. The molecule has 0 unspecified atom stereocenters. The highest BCUT2D eigenvalue weighted by molar-refractivity contribution is 14.0. The zero-order chi connectivity index (χ0) is 19.2. The van der Waals surface area contributed by atoms with E-state index in [0.29, 0.717) is 11.0 Å². The van der Waals surface area contributed by atoms with Crippen LogP contribution in [0.5, 0.6) is 0 Å². The summed E-state index contributed by atoms with van der Waals surface area (Å²) in [7, 11) is -3.01. The van der Waals surface area contributed by atoms with Gasteiger partial charge in [-0.2, -0.15) is 0 Å². The summed E-state index contributed by atoms with van der Waals surface area (Å²) in [5, 5.41) is 3.22. The first-order chi connectivity index (χ1) is 12.3. The third-order valence-electron chi connectivity index (χ3n) is 4.12. The molecule has 0 atom stereocenters. The Bertz CT molecular complexity index is 740. The third-order valence-corrected chi connectivity index (χ3v) is 5.69. The van der Waals surface area contributed by atoms with Crippen LogP contribution in [0.3, 0.4) is 0 Å². The molecule has 0 aliphatic carbocycles. The summed E-state index contributed by atoms with van der Waals surface area (Å²) in [4.78, 5) is 8.85. The lowest BCUT2D eigenvalue weighted by atomic mass is 10.2. The van der Waals surface area contributed by atoms with Crippen molar-refractivity contribution in [3.63, 3.8) is 0 Å². The second-order valence-corrected chi connectivity index (χ2v) is 9.49. The first-order valence-corrected chi connectivity index (χ1v) is 11.5. The number of nitrogens with zero attached hydrogens (tertiary/aromatic N) is 3. The van der Waals surface area contributed by atoms with Gasteiger partial charge in [0, 0.05) is 45.5 Å². The van der Waals surface area contributed by atoms with Crippen LogP contribution >= 0.6 is 39.9 Å². The average molecular weight is 577 g/mol. The number of hydrogen-bond donors (Lipinski definition) is 1. The number of benzene rings is 1. The number of aliphatic imine (C=N–C) groups is 1. The van der Waals surface area contributed by atoms with Crippen molar-refractivity contribution >= 4 is 55.7 Å². The fourth-order valence-electron chi connectivity index (χ4n) is 2.76. The quantitative estimate of drug-likeness (QED) is 0.320. The Morgan fingerprint density at radius 1 is 1.30 bits per heavy atom. The predicted molar refractivity (Wildman–Crippen MR) is 122 cm³/mol. The Labute approximate surface area is 186 Å². The van der Waals surface area contributed by atoms with Crippen molar-refractivity contribution in [1.82, 2.24) is 15.1 Å². The van der Waals surface area contributed by atoms with Crippen LogP contribution in [0.25, 0.3) is 0 Å². The van der Waals surface area contributed by atoms with Gasteiger partial charge in [-0.25, -0.2) is 12.8 Å². The summed E-state index contributed by atoms with van der Waals surface area (Å²) in [6, 6.07) is 5.22. The standard InChI is InChI=1S/C17H26BrFN4O2S.HI/c1-3-20-17(21-6-11-26(2,24)25)23-9-7-22(8-10-23)13-14-4-5-15(18)16(19)12-14;/h4-5,12H,3,6-11,13H2,1-2H3,(H,20,21);1H. The minimum Gasteiger partial charge on any atom is -0.357 e. The second kappa shape index (κ2) is 11.5. The molecule has 154 valence electrons. The Hall–Kier alpha value is -0.460. The molecule has 0 saturated carbocycles. The van der Waals surface area contributed by atoms with E-state index in [1.165, 1.54) is 6.26 Å². The van der Waals surface area contributed by atoms with E-state index in [-0.39, 0.29) is 42.1 Å². The van der Waals surface area contributed by atoms with Crippen LogP contribution in [-0.2, 0) is 16.4 Å². The van der Waals surface area contributed by atoms with Crippen LogP contribution in [0.2, 0.25) is 0 Å². The van der Waals surface area contributed by atoms with E-state index in [0.717, 1.165) is 44.2 Å². The summed E-state index contributed by atoms with van der Waals surface area (Å²) in [6.07, 6.45) is 1.22. The topological polar surface area (TPSA) is 65.0 Å². The summed E-state index contributed by atoms with van der Waals surface area (Å²) >= 11 is 3.17. The Kier molecular flexibility index (Phi) is 10.5. The molecule has 0 bridgehead atoms. The maximum atomic E-state index is 13.6. The van der Waals surface area contributed by atoms with Crippen molar-refractivity contribution in [1.29, 1.82) is 0 Å². The molecular formula is C17H27BrFIN4O2S. The molecule has 0 amide bonds. The largest absolute Gasteiger partial charge is 0.357 e. The lowest BCUT2D eigenvalue weighted by Gasteiger charge is -2.36. The van der Waals surface area contributed by atoms with Crippen LogP contribution in [0, 0.1) is 5.82 Å². The fourth-order valence-corrected chi connectivity index (χ4v) is 3.43. The number of guanidine groups is 1. The van der Waals surface area contributed by atoms with E-state index >= 15 is 0 Å². The minimum absolute atomic E-state index is 0. The van der Waals surface area contributed by atoms with E-state index < -0.39 is 9.84 Å². The summed E-state index contributed by atoms with van der Waals surface area (Å²) in [5.74, 6) is 0.566. The molecule has 6 nitrogen and oxygen atoms in total. The minimum atomic E-state index is -3.01. The van der Waals surface area contributed by atoms with Gasteiger partial charge in [-0.3, -0.25) is 9.89 Å². The van der Waals surface area contributed by atoms with Gasteiger partial charge in [-0.05, 0) is 40.5 Å². The molecule has 10 heteroatoms. The molecule has 1 fully saturated rings. The van der Waals surface area contributed by atoms with Gasteiger partial charge in [-0.15, -0.1) is 24.0 Å². The Morgan fingerprint density at radius 3 is 2.52 bits per heavy atom. The molecule has 1 heterocycles. The molecule has 0 spiro atoms. The van der Waals surface area contributed by atoms with Crippen molar-refractivity contribution in [3.8, 4) is 0 Å². The number of nitrogens with one attached hydrogen (secondary N) is 1. The number of halogens is 3. The highest BCUT2D eigenvalue weighted by atomic mass is 127. The molecule has 1 aromatic rings. The molecule has 1 aromatic carbocycles. The van der Waals surface area contributed by atoms with Gasteiger partial charge < -0.3 is 10.2 Å². The van der Waals surface area contributed by atoms with Gasteiger partial charge in [0.2, 0.25) is 0 Å². The highest BCUT2D eigenvalue weighted by Gasteiger charge is 2.20. The van der Waals surface area contributed by atoms with Crippen LogP contribution in [0.4, 0.5) is 4.39 Å². The molecule has 1 aliphatic rings. The fraction of sp³-hybridized carbons (Fsp3) is 0.588. The van der Waals surface area contributed by atoms with Crippen LogP contribution in [-0.4, -0.2) is 75.5 Å². The zero-order valence-corrected chi connectivity index (χ0v) is 20.4. The van der Waals surface area contributed by atoms with Crippen LogP contribution in [0.15, 0.2) is 27.7 Å². The Balaban J connectivity index is 0.00000364. The monoisotopic (exact) mass is 576 g/mol. The lowest BCUT2D eigenvalue weighted by molar-refractivity contribution is 0.172. The smallest absolute Gasteiger partial charge is 0.194 e. The highest BCUT2D eigenvalue weighted by Crippen LogP contribution is 2.18. The molecule has 1 saturated heterocycles. The SMILES string of the molecule is CCNC(=NCCS(C)(=O)=O)N1CCN(Cc2ccc(Br)c(F)c2)CC1.I. The van der Waals surface area contributed by atoms with Gasteiger partial charge in [0.15, 0.2) is 5.96 Å². The van der Waals surface area contributed by atoms with Crippen molar-refractivity contribution in [2.75, 3.05) is 51.3 Å². The number of rotatable bonds is 6. The molecule has 0 radical (unpaired) electrons. The number of sulfone groups is 1. The van der Waals surface area contributed by atoms with Gasteiger partial charge >= 0.3 is 0 Å². The number of piperazine rings is 1. The molecule has 27 heavy (non-hydrogen) atoms. The molecular weight excluding hydrogens is 550 g/mol. The van der Waals surface area contributed by atoms with E-state index in [2.05, 4.69) is 36.0 Å². The van der Waals surface area contributed by atoms with Crippen molar-refractivity contribution in [2.45, 2.75) is 13.5 Å². The van der Waals surface area contributed by atoms with Crippen LogP contribution in [0.1, 0.15) is 12.5 Å². The molecule has 1 aliphatic heterocycles.